The van der Waals surface area contributed by atoms with Crippen LogP contribution in [0.25, 0.3) is 0 Å². The molecule has 0 heterocycles. The minimum Gasteiger partial charge on any atom is -0.545 e. The second-order valence-corrected chi connectivity index (χ2v) is 8.29. The molecule has 0 amide bonds. The van der Waals surface area contributed by atoms with Crippen molar-refractivity contribution >= 4 is 22.1 Å². The average molecular weight is 436 g/mol. The van der Waals surface area contributed by atoms with E-state index < -0.39 is 38.5 Å². The largest absolute Gasteiger partial charge is 1.00 e. The predicted molar refractivity (Wildman–Crippen MR) is 94.5 cm³/mol. The van der Waals surface area contributed by atoms with Gasteiger partial charge in [-0.2, -0.15) is 8.42 Å². The smallest absolute Gasteiger partial charge is 0.545 e. The molecule has 0 aliphatic heterocycles. The summed E-state index contributed by atoms with van der Waals surface area (Å²) in [4.78, 5) is 22.4. The molecule has 0 rings (SSSR count). The SMILES string of the molecule is CCCCCCCCCCCC/C(C(=O)[O-])=C(/C(=O)[O-])C(C)S(=O)(=O)O.[Na+].[Na+]. The number of rotatable bonds is 15. The molecular formula is C18H30Na2O7S. The average Bonchev–Trinajstić information content (AvgIpc) is 2.53. The van der Waals surface area contributed by atoms with Crippen molar-refractivity contribution in [1.29, 1.82) is 0 Å². The summed E-state index contributed by atoms with van der Waals surface area (Å²) in [6.45, 7) is 3.07. The molecular weight excluding hydrogens is 406 g/mol. The van der Waals surface area contributed by atoms with Crippen LogP contribution in [0.3, 0.4) is 0 Å². The molecule has 1 unspecified atom stereocenters. The Balaban J connectivity index is -0.00000312. The van der Waals surface area contributed by atoms with E-state index in [1.54, 1.807) is 0 Å². The Bertz CT molecular complexity index is 589. The van der Waals surface area contributed by atoms with Crippen LogP contribution in [-0.4, -0.2) is 30.2 Å². The van der Waals surface area contributed by atoms with Gasteiger partial charge in [0.1, 0.15) is 5.25 Å². The zero-order valence-electron chi connectivity index (χ0n) is 17.7. The molecule has 28 heavy (non-hydrogen) atoms. The van der Waals surface area contributed by atoms with Gasteiger partial charge in [-0.15, -0.1) is 0 Å². The molecule has 0 bridgehead atoms. The summed E-state index contributed by atoms with van der Waals surface area (Å²) in [6.07, 6.45) is 10.1. The Hall–Kier alpha value is 0.590. The van der Waals surface area contributed by atoms with Crippen LogP contribution < -0.4 is 69.3 Å². The molecule has 0 spiro atoms. The molecule has 0 aromatic heterocycles. The first-order valence-corrected chi connectivity index (χ1v) is 10.7. The van der Waals surface area contributed by atoms with E-state index in [1.165, 1.54) is 32.1 Å². The molecule has 7 nitrogen and oxygen atoms in total. The second kappa shape index (κ2) is 18.4. The van der Waals surface area contributed by atoms with Gasteiger partial charge >= 0.3 is 59.1 Å². The summed E-state index contributed by atoms with van der Waals surface area (Å²) >= 11 is 0. The number of carboxylic acids is 2. The maximum Gasteiger partial charge on any atom is 1.00 e. The number of aliphatic carboxylic acids is 2. The fourth-order valence-electron chi connectivity index (χ4n) is 2.82. The minimum atomic E-state index is -4.75. The van der Waals surface area contributed by atoms with Crippen LogP contribution in [0.2, 0.25) is 0 Å². The summed E-state index contributed by atoms with van der Waals surface area (Å²) in [5, 5.41) is 20.5. The summed E-state index contributed by atoms with van der Waals surface area (Å²) in [6, 6.07) is 0. The van der Waals surface area contributed by atoms with Gasteiger partial charge in [-0.05, 0) is 25.3 Å². The van der Waals surface area contributed by atoms with E-state index in [1.807, 2.05) is 0 Å². The molecule has 1 N–H and O–H groups in total. The maximum atomic E-state index is 11.2. The third-order valence-corrected chi connectivity index (χ3v) is 5.55. The maximum absolute atomic E-state index is 11.2. The normalized spacial score (nSPS) is 13.0. The van der Waals surface area contributed by atoms with Gasteiger partial charge in [0.05, 0.1) is 11.9 Å². The van der Waals surface area contributed by atoms with E-state index in [0.29, 0.717) is 12.8 Å². The molecule has 0 aromatic carbocycles. The van der Waals surface area contributed by atoms with Crippen LogP contribution in [0.15, 0.2) is 11.1 Å². The number of hydrogen-bond donors (Lipinski definition) is 1. The van der Waals surface area contributed by atoms with Gasteiger partial charge < -0.3 is 19.8 Å². The molecule has 0 radical (unpaired) electrons. The van der Waals surface area contributed by atoms with Gasteiger partial charge in [-0.1, -0.05) is 64.7 Å². The van der Waals surface area contributed by atoms with Crippen molar-refractivity contribution in [3.63, 3.8) is 0 Å². The molecule has 0 aliphatic rings. The molecule has 0 saturated heterocycles. The summed E-state index contributed by atoms with van der Waals surface area (Å²) in [5.74, 6) is -3.68. The van der Waals surface area contributed by atoms with E-state index in [0.717, 1.165) is 26.2 Å². The van der Waals surface area contributed by atoms with Gasteiger partial charge in [-0.3, -0.25) is 4.55 Å². The minimum absolute atomic E-state index is 0. The Kier molecular flexibility index (Phi) is 21.8. The Morgan fingerprint density at radius 2 is 1.21 bits per heavy atom. The third kappa shape index (κ3) is 14.6. The Labute approximate surface area is 213 Å². The molecule has 0 aliphatic carbocycles. The zero-order valence-corrected chi connectivity index (χ0v) is 22.5. The standard InChI is InChI=1S/C18H32O7S.2Na/c1-3-4-5-6-7-8-9-10-11-12-13-15(17(19)20)16(18(21)22)14(2)26(23,24)25;;/h14H,3-13H2,1-2H3,(H,19,20)(H,21,22)(H,23,24,25);;/q;2*+1/p-2/b16-15-;;. The van der Waals surface area contributed by atoms with Crippen molar-refractivity contribution in [2.24, 2.45) is 0 Å². The summed E-state index contributed by atoms with van der Waals surface area (Å²) < 4.78 is 31.3. The molecule has 10 heteroatoms. The van der Waals surface area contributed by atoms with Gasteiger partial charge in [0.2, 0.25) is 0 Å². The van der Waals surface area contributed by atoms with Crippen molar-refractivity contribution < 1.29 is 91.9 Å². The first-order valence-electron chi connectivity index (χ1n) is 9.24. The fraction of sp³-hybridized carbons (Fsp3) is 0.778. The van der Waals surface area contributed by atoms with E-state index in [2.05, 4.69) is 6.92 Å². The molecule has 152 valence electrons. The van der Waals surface area contributed by atoms with Gasteiger partial charge in [-0.25, -0.2) is 0 Å². The zero-order chi connectivity index (χ0) is 20.2. The van der Waals surface area contributed by atoms with Gasteiger partial charge in [0.15, 0.2) is 0 Å². The van der Waals surface area contributed by atoms with Crippen molar-refractivity contribution in [1.82, 2.24) is 0 Å². The van der Waals surface area contributed by atoms with Crippen LogP contribution in [0, 0.1) is 0 Å². The summed E-state index contributed by atoms with van der Waals surface area (Å²) in [5.41, 5.74) is -1.57. The number of unbranched alkanes of at least 4 members (excludes halogenated alkanes) is 9. The predicted octanol–water partition coefficient (Wildman–Crippen LogP) is -4.62. The Morgan fingerprint density at radius 3 is 1.54 bits per heavy atom. The fourth-order valence-corrected chi connectivity index (χ4v) is 3.36. The summed E-state index contributed by atoms with van der Waals surface area (Å²) in [7, 11) is -4.75. The van der Waals surface area contributed by atoms with Crippen molar-refractivity contribution in [2.45, 2.75) is 89.7 Å². The quantitative estimate of drug-likeness (QED) is 0.118. The van der Waals surface area contributed by atoms with Gasteiger partial charge in [0, 0.05) is 5.57 Å². The van der Waals surface area contributed by atoms with Crippen molar-refractivity contribution in [3.8, 4) is 0 Å². The second-order valence-electron chi connectivity index (χ2n) is 6.56. The van der Waals surface area contributed by atoms with Crippen molar-refractivity contribution in [3.05, 3.63) is 11.1 Å². The Morgan fingerprint density at radius 1 is 0.821 bits per heavy atom. The number of hydrogen-bond acceptors (Lipinski definition) is 6. The van der Waals surface area contributed by atoms with Crippen LogP contribution in [0.5, 0.6) is 0 Å². The van der Waals surface area contributed by atoms with Crippen LogP contribution in [-0.2, 0) is 19.7 Å². The topological polar surface area (TPSA) is 135 Å². The first kappa shape index (κ1) is 33.2. The molecule has 0 saturated carbocycles. The van der Waals surface area contributed by atoms with E-state index in [9.17, 15) is 28.2 Å². The van der Waals surface area contributed by atoms with E-state index in [-0.39, 0.29) is 65.5 Å². The van der Waals surface area contributed by atoms with Crippen LogP contribution >= 0.6 is 0 Å². The number of carboxylic acid groups (broad SMARTS) is 2. The van der Waals surface area contributed by atoms with Gasteiger partial charge in [0.25, 0.3) is 10.1 Å². The van der Waals surface area contributed by atoms with E-state index >= 15 is 0 Å². The van der Waals surface area contributed by atoms with Crippen LogP contribution in [0.4, 0.5) is 0 Å². The number of carbonyl (C=O) groups excluding carboxylic acids is 2. The molecule has 1 atom stereocenters. The molecule has 0 aromatic rings. The van der Waals surface area contributed by atoms with Crippen LogP contribution in [0.1, 0.15) is 84.5 Å². The first-order chi connectivity index (χ1) is 12.1. The monoisotopic (exact) mass is 436 g/mol. The van der Waals surface area contributed by atoms with Crippen molar-refractivity contribution in [2.75, 3.05) is 0 Å². The molecule has 0 fully saturated rings. The number of carbonyl (C=O) groups is 2. The van der Waals surface area contributed by atoms with E-state index in [4.69, 9.17) is 4.55 Å². The third-order valence-electron chi connectivity index (χ3n) is 4.43.